The van der Waals surface area contributed by atoms with Gasteiger partial charge < -0.3 is 5.32 Å². The highest BCUT2D eigenvalue weighted by molar-refractivity contribution is 5.17. The van der Waals surface area contributed by atoms with Gasteiger partial charge in [0.15, 0.2) is 0 Å². The molecule has 1 unspecified atom stereocenters. The fourth-order valence-electron chi connectivity index (χ4n) is 3.14. The lowest BCUT2D eigenvalue weighted by Gasteiger charge is -2.13. The van der Waals surface area contributed by atoms with E-state index in [1.807, 2.05) is 0 Å². The average Bonchev–Trinajstić information content (AvgIpc) is 2.59. The lowest BCUT2D eigenvalue weighted by molar-refractivity contribution is 0.515. The largest absolute Gasteiger partial charge is 0.310 e. The first kappa shape index (κ1) is 20.2. The predicted octanol–water partition coefficient (Wildman–Crippen LogP) is 7.04. The minimum absolute atomic E-state index is 0.476. The first-order valence-electron chi connectivity index (χ1n) is 10.1. The Morgan fingerprint density at radius 3 is 1.70 bits per heavy atom. The van der Waals surface area contributed by atoms with E-state index in [2.05, 4.69) is 49.5 Å². The second-order valence-electron chi connectivity index (χ2n) is 6.98. The van der Waals surface area contributed by atoms with Gasteiger partial charge in [-0.1, -0.05) is 108 Å². The van der Waals surface area contributed by atoms with Crippen LogP contribution in [0, 0.1) is 0 Å². The molecule has 1 atom stereocenters. The molecule has 0 aliphatic carbocycles. The number of rotatable bonds is 15. The molecule has 0 aromatic heterocycles. The van der Waals surface area contributed by atoms with Gasteiger partial charge in [0, 0.05) is 6.04 Å². The van der Waals surface area contributed by atoms with Crippen LogP contribution in [-0.4, -0.2) is 6.54 Å². The van der Waals surface area contributed by atoms with Crippen LogP contribution in [-0.2, 0) is 0 Å². The highest BCUT2D eigenvalue weighted by Gasteiger charge is 2.02. The Morgan fingerprint density at radius 2 is 1.17 bits per heavy atom. The van der Waals surface area contributed by atoms with Crippen LogP contribution in [0.25, 0.3) is 0 Å². The minimum Gasteiger partial charge on any atom is -0.310 e. The molecule has 0 spiro atoms. The molecular formula is C22H39N. The van der Waals surface area contributed by atoms with E-state index >= 15 is 0 Å². The number of hydrogen-bond donors (Lipinski definition) is 1. The third kappa shape index (κ3) is 11.4. The quantitative estimate of drug-likeness (QED) is 0.342. The van der Waals surface area contributed by atoms with Gasteiger partial charge in [-0.2, -0.15) is 0 Å². The highest BCUT2D eigenvalue weighted by Crippen LogP contribution is 2.13. The van der Waals surface area contributed by atoms with Crippen LogP contribution in [0.2, 0.25) is 0 Å². The van der Waals surface area contributed by atoms with Crippen molar-refractivity contribution in [1.82, 2.24) is 5.32 Å². The molecule has 0 radical (unpaired) electrons. The van der Waals surface area contributed by atoms with Gasteiger partial charge in [0.25, 0.3) is 0 Å². The van der Waals surface area contributed by atoms with Crippen molar-refractivity contribution in [3.8, 4) is 0 Å². The third-order valence-electron chi connectivity index (χ3n) is 4.78. The van der Waals surface area contributed by atoms with Crippen LogP contribution in [0.3, 0.4) is 0 Å². The molecule has 0 aliphatic rings. The summed E-state index contributed by atoms with van der Waals surface area (Å²) in [7, 11) is 0. The number of unbranched alkanes of at least 4 members (excludes halogenated alkanes) is 11. The lowest BCUT2D eigenvalue weighted by Crippen LogP contribution is -2.19. The van der Waals surface area contributed by atoms with Gasteiger partial charge in [-0.05, 0) is 25.5 Å². The topological polar surface area (TPSA) is 12.0 Å². The fraction of sp³-hybridized carbons (Fsp3) is 0.727. The van der Waals surface area contributed by atoms with Crippen LogP contribution in [0.4, 0.5) is 0 Å². The standard InChI is InChI=1S/C22H39N/c1-3-4-5-6-7-8-9-10-11-12-13-17-20-23-21(2)22-18-15-14-16-19-22/h14-16,18-19,21,23H,3-13,17,20H2,1-2H3. The molecule has 132 valence electrons. The molecule has 1 rings (SSSR count). The molecule has 0 heterocycles. The number of nitrogens with one attached hydrogen (secondary N) is 1. The molecule has 1 nitrogen and oxygen atoms in total. The summed E-state index contributed by atoms with van der Waals surface area (Å²) in [5.74, 6) is 0. The third-order valence-corrected chi connectivity index (χ3v) is 4.78. The van der Waals surface area contributed by atoms with Crippen LogP contribution in [0.1, 0.15) is 103 Å². The van der Waals surface area contributed by atoms with Gasteiger partial charge >= 0.3 is 0 Å². The second kappa shape index (κ2) is 14.8. The molecule has 1 aromatic carbocycles. The van der Waals surface area contributed by atoms with Crippen molar-refractivity contribution in [2.75, 3.05) is 6.54 Å². The molecule has 1 N–H and O–H groups in total. The average molecular weight is 318 g/mol. The van der Waals surface area contributed by atoms with Crippen molar-refractivity contribution in [3.63, 3.8) is 0 Å². The van der Waals surface area contributed by atoms with E-state index in [9.17, 15) is 0 Å². The molecule has 0 saturated heterocycles. The fourth-order valence-corrected chi connectivity index (χ4v) is 3.14. The van der Waals surface area contributed by atoms with Gasteiger partial charge in [-0.15, -0.1) is 0 Å². The Kier molecular flexibility index (Phi) is 13.0. The van der Waals surface area contributed by atoms with Crippen molar-refractivity contribution in [2.24, 2.45) is 0 Å². The Hall–Kier alpha value is -0.820. The zero-order chi connectivity index (χ0) is 16.6. The smallest absolute Gasteiger partial charge is 0.0291 e. The normalized spacial score (nSPS) is 12.4. The van der Waals surface area contributed by atoms with E-state index in [1.165, 1.54) is 82.6 Å². The van der Waals surface area contributed by atoms with Crippen molar-refractivity contribution < 1.29 is 0 Å². The Balaban J connectivity index is 1.81. The Labute approximate surface area is 145 Å². The molecule has 0 aliphatic heterocycles. The maximum atomic E-state index is 3.63. The summed E-state index contributed by atoms with van der Waals surface area (Å²) in [5, 5.41) is 3.63. The summed E-state index contributed by atoms with van der Waals surface area (Å²) < 4.78 is 0. The van der Waals surface area contributed by atoms with Gasteiger partial charge in [0.05, 0.1) is 0 Å². The van der Waals surface area contributed by atoms with Gasteiger partial charge in [0.2, 0.25) is 0 Å². The molecule has 0 fully saturated rings. The second-order valence-corrected chi connectivity index (χ2v) is 6.98. The monoisotopic (exact) mass is 317 g/mol. The van der Waals surface area contributed by atoms with E-state index in [0.29, 0.717) is 6.04 Å². The molecular weight excluding hydrogens is 278 g/mol. The highest BCUT2D eigenvalue weighted by atomic mass is 14.9. The summed E-state index contributed by atoms with van der Waals surface area (Å²) in [6.07, 6.45) is 17.1. The molecule has 0 saturated carbocycles. The van der Waals surface area contributed by atoms with Gasteiger partial charge in [0.1, 0.15) is 0 Å². The molecule has 1 heteroatoms. The lowest BCUT2D eigenvalue weighted by atomic mass is 10.1. The van der Waals surface area contributed by atoms with Crippen molar-refractivity contribution in [3.05, 3.63) is 35.9 Å². The Morgan fingerprint density at radius 1 is 0.696 bits per heavy atom. The number of benzene rings is 1. The summed E-state index contributed by atoms with van der Waals surface area (Å²) in [6, 6.07) is 11.2. The summed E-state index contributed by atoms with van der Waals surface area (Å²) in [6.45, 7) is 5.70. The maximum absolute atomic E-state index is 3.63. The minimum atomic E-state index is 0.476. The van der Waals surface area contributed by atoms with Gasteiger partial charge in [-0.25, -0.2) is 0 Å². The van der Waals surface area contributed by atoms with Crippen molar-refractivity contribution in [2.45, 2.75) is 96.9 Å². The van der Waals surface area contributed by atoms with Crippen LogP contribution < -0.4 is 5.32 Å². The van der Waals surface area contributed by atoms with E-state index in [4.69, 9.17) is 0 Å². The van der Waals surface area contributed by atoms with E-state index < -0.39 is 0 Å². The van der Waals surface area contributed by atoms with E-state index in [0.717, 1.165) is 6.54 Å². The molecule has 0 bridgehead atoms. The van der Waals surface area contributed by atoms with Crippen LogP contribution in [0.5, 0.6) is 0 Å². The SMILES string of the molecule is CCCCCCCCCCCCCCNC(C)c1ccccc1. The summed E-state index contributed by atoms with van der Waals surface area (Å²) in [4.78, 5) is 0. The Bertz CT molecular complexity index is 346. The number of hydrogen-bond acceptors (Lipinski definition) is 1. The predicted molar refractivity (Wildman–Crippen MR) is 104 cm³/mol. The molecule has 0 amide bonds. The zero-order valence-electron chi connectivity index (χ0n) is 15.7. The summed E-state index contributed by atoms with van der Waals surface area (Å²) in [5.41, 5.74) is 1.39. The first-order chi connectivity index (χ1) is 11.3. The molecule has 1 aromatic rings. The van der Waals surface area contributed by atoms with Crippen molar-refractivity contribution in [1.29, 1.82) is 0 Å². The summed E-state index contributed by atoms with van der Waals surface area (Å²) >= 11 is 0. The van der Waals surface area contributed by atoms with E-state index in [-0.39, 0.29) is 0 Å². The molecule has 23 heavy (non-hydrogen) atoms. The van der Waals surface area contributed by atoms with Gasteiger partial charge in [-0.3, -0.25) is 0 Å². The van der Waals surface area contributed by atoms with Crippen LogP contribution in [0.15, 0.2) is 30.3 Å². The first-order valence-corrected chi connectivity index (χ1v) is 10.1. The van der Waals surface area contributed by atoms with E-state index in [1.54, 1.807) is 0 Å². The van der Waals surface area contributed by atoms with Crippen LogP contribution >= 0.6 is 0 Å². The maximum Gasteiger partial charge on any atom is 0.0291 e. The zero-order valence-corrected chi connectivity index (χ0v) is 15.7. The van der Waals surface area contributed by atoms with Crippen molar-refractivity contribution >= 4 is 0 Å².